The molecule has 3 aromatic rings. The molecule has 1 fully saturated rings. The minimum absolute atomic E-state index is 0.116. The average molecular weight is 561 g/mol. The van der Waals surface area contributed by atoms with Gasteiger partial charge in [0.1, 0.15) is 29.7 Å². The fourth-order valence-electron chi connectivity index (χ4n) is 4.76. The van der Waals surface area contributed by atoms with Crippen molar-refractivity contribution in [3.8, 4) is 11.8 Å². The summed E-state index contributed by atoms with van der Waals surface area (Å²) in [5.74, 6) is 0.479. The smallest absolute Gasteiger partial charge is 0.433 e. The average Bonchev–Trinajstić information content (AvgIpc) is 2.91. The summed E-state index contributed by atoms with van der Waals surface area (Å²) < 4.78 is 44.3. The van der Waals surface area contributed by atoms with Crippen LogP contribution in [0, 0.1) is 11.3 Å². The van der Waals surface area contributed by atoms with Crippen LogP contribution in [0.25, 0.3) is 0 Å². The molecule has 0 unspecified atom stereocenters. The predicted octanol–water partition coefficient (Wildman–Crippen LogP) is 4.77. The van der Waals surface area contributed by atoms with E-state index in [1.54, 1.807) is 31.2 Å². The number of halogens is 4. The molecule has 206 valence electrons. The Morgan fingerprint density at radius 2 is 1.87 bits per heavy atom. The van der Waals surface area contributed by atoms with Gasteiger partial charge in [-0.3, -0.25) is 9.88 Å². The number of alkyl halides is 3. The lowest BCUT2D eigenvalue weighted by Crippen LogP contribution is -2.52. The molecular formula is C28H28ClF3N4O3. The minimum Gasteiger partial charge on any atom is -0.491 e. The number of aliphatic hydroxyl groups excluding tert-OH is 1. The van der Waals surface area contributed by atoms with Gasteiger partial charge in [-0.25, -0.2) is 0 Å². The normalized spacial score (nSPS) is 17.9. The Kier molecular flexibility index (Phi) is 8.67. The molecule has 0 spiro atoms. The molecule has 1 aliphatic heterocycles. The van der Waals surface area contributed by atoms with Gasteiger partial charge in [0.2, 0.25) is 0 Å². The van der Waals surface area contributed by atoms with Gasteiger partial charge < -0.3 is 19.8 Å². The van der Waals surface area contributed by atoms with Crippen LogP contribution in [0.2, 0.25) is 5.02 Å². The van der Waals surface area contributed by atoms with Crippen molar-refractivity contribution in [3.63, 3.8) is 0 Å². The number of anilines is 1. The molecule has 1 aliphatic rings. The van der Waals surface area contributed by atoms with Gasteiger partial charge in [0.25, 0.3) is 0 Å². The zero-order valence-corrected chi connectivity index (χ0v) is 22.0. The van der Waals surface area contributed by atoms with Crippen LogP contribution in [-0.4, -0.2) is 59.5 Å². The van der Waals surface area contributed by atoms with Crippen molar-refractivity contribution < 1.29 is 28.1 Å². The Hall–Kier alpha value is -3.36. The van der Waals surface area contributed by atoms with Crippen LogP contribution in [0.1, 0.15) is 35.3 Å². The van der Waals surface area contributed by atoms with E-state index < -0.39 is 17.5 Å². The zero-order chi connectivity index (χ0) is 28.2. The number of rotatable bonds is 8. The molecule has 0 amide bonds. The summed E-state index contributed by atoms with van der Waals surface area (Å²) in [6.45, 7) is 3.21. The predicted molar refractivity (Wildman–Crippen MR) is 141 cm³/mol. The minimum atomic E-state index is -4.56. The molecule has 2 atom stereocenters. The lowest BCUT2D eigenvalue weighted by atomic mass is 9.94. The van der Waals surface area contributed by atoms with Crippen molar-refractivity contribution in [2.75, 3.05) is 44.3 Å². The third kappa shape index (κ3) is 6.81. The highest BCUT2D eigenvalue weighted by molar-refractivity contribution is 6.30. The van der Waals surface area contributed by atoms with Gasteiger partial charge in [0.15, 0.2) is 0 Å². The summed E-state index contributed by atoms with van der Waals surface area (Å²) in [4.78, 5) is 7.65. The fourth-order valence-corrected chi connectivity index (χ4v) is 4.88. The van der Waals surface area contributed by atoms with Crippen LogP contribution in [0.4, 0.5) is 18.9 Å². The van der Waals surface area contributed by atoms with E-state index in [9.17, 15) is 23.5 Å². The van der Waals surface area contributed by atoms with Gasteiger partial charge in [-0.2, -0.15) is 18.4 Å². The van der Waals surface area contributed by atoms with Gasteiger partial charge >= 0.3 is 6.18 Å². The molecule has 39 heavy (non-hydrogen) atoms. The molecule has 0 radical (unpaired) electrons. The van der Waals surface area contributed by atoms with Crippen molar-refractivity contribution >= 4 is 17.3 Å². The van der Waals surface area contributed by atoms with Gasteiger partial charge in [-0.15, -0.1) is 0 Å². The number of benzene rings is 2. The number of hydrogen-bond donors (Lipinski definition) is 2. The molecule has 7 nitrogen and oxygen atoms in total. The largest absolute Gasteiger partial charge is 0.491 e. The first-order valence-electron chi connectivity index (χ1n) is 12.3. The van der Waals surface area contributed by atoms with E-state index in [0.717, 1.165) is 17.8 Å². The lowest BCUT2D eigenvalue weighted by Gasteiger charge is -2.45. The molecule has 1 aromatic heterocycles. The maximum Gasteiger partial charge on any atom is 0.433 e. The van der Waals surface area contributed by atoms with E-state index in [1.165, 1.54) is 6.07 Å². The third-order valence-electron chi connectivity index (χ3n) is 6.68. The summed E-state index contributed by atoms with van der Waals surface area (Å²) >= 11 is 6.13. The number of nitriles is 1. The van der Waals surface area contributed by atoms with Crippen LogP contribution in [0.3, 0.4) is 0 Å². The van der Waals surface area contributed by atoms with Crippen molar-refractivity contribution in [2.24, 2.45) is 0 Å². The Morgan fingerprint density at radius 1 is 1.13 bits per heavy atom. The van der Waals surface area contributed by atoms with Crippen LogP contribution in [-0.2, 0) is 11.8 Å². The van der Waals surface area contributed by atoms with Gasteiger partial charge in [0.05, 0.1) is 23.9 Å². The van der Waals surface area contributed by atoms with Crippen molar-refractivity contribution in [1.29, 1.82) is 5.26 Å². The molecule has 2 N–H and O–H groups in total. The molecule has 4 rings (SSSR count). The lowest BCUT2D eigenvalue weighted by molar-refractivity contribution is -0.141. The molecule has 2 heterocycles. The number of nitrogens with zero attached hydrogens (tertiary/aromatic N) is 4. The maximum atomic E-state index is 12.9. The quantitative estimate of drug-likeness (QED) is 0.410. The topological polar surface area (TPSA) is 92.9 Å². The molecule has 0 bridgehead atoms. The highest BCUT2D eigenvalue weighted by atomic mass is 35.5. The third-order valence-corrected chi connectivity index (χ3v) is 6.94. The second kappa shape index (κ2) is 11.8. The van der Waals surface area contributed by atoms with Gasteiger partial charge in [0, 0.05) is 43.0 Å². The molecular weight excluding hydrogens is 533 g/mol. The van der Waals surface area contributed by atoms with E-state index in [4.69, 9.17) is 21.4 Å². The Bertz CT molecular complexity index is 1310. The number of aliphatic hydroxyl groups is 2. The SMILES string of the molecule is C[C@@](O)(CN1CCN(c2ccc(OCCO)cc2C#N)[C@H](c2ccc(Cl)cc2)C1)c1ccc(C(F)(F)F)nc1. The van der Waals surface area contributed by atoms with Crippen LogP contribution < -0.4 is 9.64 Å². The zero-order valence-electron chi connectivity index (χ0n) is 21.2. The first-order chi connectivity index (χ1) is 18.5. The summed E-state index contributed by atoms with van der Waals surface area (Å²) in [6.07, 6.45) is -3.49. The Balaban J connectivity index is 1.60. The highest BCUT2D eigenvalue weighted by Crippen LogP contribution is 2.36. The van der Waals surface area contributed by atoms with Crippen molar-refractivity contribution in [1.82, 2.24) is 9.88 Å². The second-order valence-electron chi connectivity index (χ2n) is 9.56. The summed E-state index contributed by atoms with van der Waals surface area (Å²) in [5, 5.41) is 30.7. The number of piperazine rings is 1. The molecule has 11 heteroatoms. The highest BCUT2D eigenvalue weighted by Gasteiger charge is 2.36. The fraction of sp³-hybridized carbons (Fsp3) is 0.357. The number of aromatic nitrogens is 1. The Morgan fingerprint density at radius 3 is 2.49 bits per heavy atom. The molecule has 2 aromatic carbocycles. The summed E-state index contributed by atoms with van der Waals surface area (Å²) in [5.41, 5.74) is -0.101. The number of pyridine rings is 1. The Labute approximate surface area is 229 Å². The second-order valence-corrected chi connectivity index (χ2v) is 10.00. The van der Waals surface area contributed by atoms with Crippen LogP contribution >= 0.6 is 11.6 Å². The van der Waals surface area contributed by atoms with E-state index >= 15 is 0 Å². The van der Waals surface area contributed by atoms with Gasteiger partial charge in [-0.1, -0.05) is 29.8 Å². The van der Waals surface area contributed by atoms with Crippen LogP contribution in [0.5, 0.6) is 5.75 Å². The molecule has 1 saturated heterocycles. The van der Waals surface area contributed by atoms with E-state index in [0.29, 0.717) is 41.7 Å². The van der Waals surface area contributed by atoms with E-state index in [2.05, 4.69) is 16.0 Å². The van der Waals surface area contributed by atoms with Gasteiger partial charge in [-0.05, 0) is 48.9 Å². The monoisotopic (exact) mass is 560 g/mol. The van der Waals surface area contributed by atoms with E-state index in [1.807, 2.05) is 23.1 Å². The number of β-amino-alcohol motifs (C(OH)–C–C–N with tert-alkyl or cyclic N) is 1. The first kappa shape index (κ1) is 28.6. The molecule has 0 saturated carbocycles. The van der Waals surface area contributed by atoms with E-state index in [-0.39, 0.29) is 31.4 Å². The van der Waals surface area contributed by atoms with Crippen LogP contribution in [0.15, 0.2) is 60.8 Å². The summed E-state index contributed by atoms with van der Waals surface area (Å²) in [6, 6.07) is 16.7. The first-order valence-corrected chi connectivity index (χ1v) is 12.7. The summed E-state index contributed by atoms with van der Waals surface area (Å²) in [7, 11) is 0. The molecule has 0 aliphatic carbocycles. The van der Waals surface area contributed by atoms with Crippen molar-refractivity contribution in [2.45, 2.75) is 24.7 Å². The standard InChI is InChI=1S/C28H28ClF3N4O3/c1-27(38,21-4-9-26(34-16-21)28(30,31)32)18-35-10-11-36(25(17-35)19-2-5-22(29)6-3-19)24-8-7-23(39-13-12-37)14-20(24)15-33/h2-9,14,16,25,37-38H,10-13,17-18H2,1H3/t25-,27+/m0/s1. The van der Waals surface area contributed by atoms with Crippen molar-refractivity contribution in [3.05, 3.63) is 88.2 Å². The number of hydrogen-bond acceptors (Lipinski definition) is 7. The number of ether oxygens (including phenoxy) is 1. The maximum absolute atomic E-state index is 12.9.